The molecule has 0 radical (unpaired) electrons. The highest BCUT2D eigenvalue weighted by atomic mass is 19.1. The van der Waals surface area contributed by atoms with Gasteiger partial charge in [-0.2, -0.15) is 0 Å². The normalized spacial score (nSPS) is 18.4. The van der Waals surface area contributed by atoms with Crippen LogP contribution in [0.1, 0.15) is 13.8 Å². The summed E-state index contributed by atoms with van der Waals surface area (Å²) in [6, 6.07) is 0.705. The number of carbonyl (C=O) groups is 1. The predicted molar refractivity (Wildman–Crippen MR) is 71.0 cm³/mol. The Morgan fingerprint density at radius 3 is 2.60 bits per heavy atom. The van der Waals surface area contributed by atoms with Gasteiger partial charge in [-0.3, -0.25) is 4.79 Å². The van der Waals surface area contributed by atoms with Crippen molar-refractivity contribution in [1.82, 2.24) is 9.88 Å². The third kappa shape index (κ3) is 2.15. The van der Waals surface area contributed by atoms with Crippen molar-refractivity contribution in [2.45, 2.75) is 19.4 Å². The highest BCUT2D eigenvalue weighted by Crippen LogP contribution is 2.30. The Hall–Kier alpha value is -1.96. The van der Waals surface area contributed by atoms with E-state index in [9.17, 15) is 13.6 Å². The molecule has 0 unspecified atom stereocenters. The zero-order valence-corrected chi connectivity index (χ0v) is 11.6. The molecule has 20 heavy (non-hydrogen) atoms. The number of nitrogen functional groups attached to an aromatic ring is 1. The van der Waals surface area contributed by atoms with Crippen LogP contribution in [-0.4, -0.2) is 41.5 Å². The van der Waals surface area contributed by atoms with E-state index in [0.29, 0.717) is 19.2 Å². The summed E-state index contributed by atoms with van der Waals surface area (Å²) in [7, 11) is 1.68. The van der Waals surface area contributed by atoms with E-state index in [-0.39, 0.29) is 17.5 Å². The molecule has 0 bridgehead atoms. The van der Waals surface area contributed by atoms with Crippen molar-refractivity contribution in [2.24, 2.45) is 5.84 Å². The number of nitrogens with zero attached hydrogens (tertiary/aromatic N) is 3. The average molecular weight is 285 g/mol. The van der Waals surface area contributed by atoms with Gasteiger partial charge in [-0.1, -0.05) is 0 Å². The number of amides is 1. The Bertz CT molecular complexity index is 549. The number of nitrogens with one attached hydrogen (secondary N) is 1. The summed E-state index contributed by atoms with van der Waals surface area (Å²) in [5, 5.41) is 0. The van der Waals surface area contributed by atoms with Crippen LogP contribution in [0.4, 0.5) is 20.4 Å². The molecular weight excluding hydrogens is 268 g/mol. The number of rotatable bonds is 2. The van der Waals surface area contributed by atoms with Crippen molar-refractivity contribution in [3.05, 3.63) is 17.7 Å². The second-order valence-electron chi connectivity index (χ2n) is 5.21. The lowest BCUT2D eigenvalue weighted by Gasteiger charge is -2.45. The molecule has 1 aliphatic rings. The van der Waals surface area contributed by atoms with Gasteiger partial charge in [0.15, 0.2) is 23.3 Å². The molecule has 1 aliphatic heterocycles. The Balaban J connectivity index is 2.48. The number of likely N-dealkylation sites (N-methyl/N-ethyl adjacent to an activating group) is 1. The molecule has 2 heterocycles. The highest BCUT2D eigenvalue weighted by molar-refractivity contribution is 5.90. The fraction of sp³-hybridized carbons (Fsp3) is 0.500. The molecule has 3 N–H and O–H groups in total. The number of aromatic nitrogens is 1. The molecule has 1 saturated heterocycles. The summed E-state index contributed by atoms with van der Waals surface area (Å²) in [5.74, 6) is 2.93. The molecule has 1 amide bonds. The number of nitrogens with two attached hydrogens (primary N) is 1. The second kappa shape index (κ2) is 4.86. The van der Waals surface area contributed by atoms with Gasteiger partial charge in [0.1, 0.15) is 5.54 Å². The van der Waals surface area contributed by atoms with Crippen molar-refractivity contribution in [2.75, 3.05) is 30.5 Å². The summed E-state index contributed by atoms with van der Waals surface area (Å²) in [6.07, 6.45) is 0. The molecule has 0 atom stereocenters. The van der Waals surface area contributed by atoms with E-state index >= 15 is 0 Å². The average Bonchev–Trinajstić information content (AvgIpc) is 2.38. The summed E-state index contributed by atoms with van der Waals surface area (Å²) in [5.41, 5.74) is 1.11. The molecule has 8 heteroatoms. The largest absolute Gasteiger partial charge is 0.342 e. The maximum Gasteiger partial charge on any atom is 0.247 e. The molecule has 2 rings (SSSR count). The third-order valence-electron chi connectivity index (χ3n) is 3.51. The Morgan fingerprint density at radius 2 is 2.00 bits per heavy atom. The zero-order chi connectivity index (χ0) is 15.1. The van der Waals surface area contributed by atoms with E-state index < -0.39 is 17.2 Å². The smallest absolute Gasteiger partial charge is 0.247 e. The molecule has 0 saturated carbocycles. The first-order valence-electron chi connectivity index (χ1n) is 6.15. The van der Waals surface area contributed by atoms with Crippen LogP contribution in [0, 0.1) is 11.6 Å². The lowest BCUT2D eigenvalue weighted by atomic mass is 9.97. The first kappa shape index (κ1) is 14.4. The number of hydrogen-bond donors (Lipinski definition) is 2. The van der Waals surface area contributed by atoms with E-state index in [1.165, 1.54) is 4.90 Å². The minimum Gasteiger partial charge on any atom is -0.342 e. The van der Waals surface area contributed by atoms with Gasteiger partial charge < -0.3 is 15.2 Å². The SMILES string of the molecule is CN1CCN(c2nc(NN)c(F)cc2F)C(C)(C)C1=O. The quantitative estimate of drug-likeness (QED) is 0.618. The van der Waals surface area contributed by atoms with Gasteiger partial charge in [-0.15, -0.1) is 0 Å². The fourth-order valence-electron chi connectivity index (χ4n) is 2.33. The topological polar surface area (TPSA) is 74.5 Å². The van der Waals surface area contributed by atoms with Crippen LogP contribution in [-0.2, 0) is 4.79 Å². The molecule has 6 nitrogen and oxygen atoms in total. The van der Waals surface area contributed by atoms with Gasteiger partial charge in [0, 0.05) is 26.2 Å². The predicted octanol–water partition coefficient (Wildman–Crippen LogP) is 0.702. The molecule has 0 spiro atoms. The Morgan fingerprint density at radius 1 is 1.35 bits per heavy atom. The van der Waals surface area contributed by atoms with E-state index in [1.807, 2.05) is 0 Å². The van der Waals surface area contributed by atoms with Crippen LogP contribution in [0.2, 0.25) is 0 Å². The molecule has 1 aromatic heterocycles. The van der Waals surface area contributed by atoms with Gasteiger partial charge in [0.2, 0.25) is 5.91 Å². The van der Waals surface area contributed by atoms with E-state index in [0.717, 1.165) is 0 Å². The number of pyridine rings is 1. The van der Waals surface area contributed by atoms with Crippen LogP contribution >= 0.6 is 0 Å². The van der Waals surface area contributed by atoms with Crippen molar-refractivity contribution in [3.8, 4) is 0 Å². The van der Waals surface area contributed by atoms with Crippen LogP contribution in [0.25, 0.3) is 0 Å². The second-order valence-corrected chi connectivity index (χ2v) is 5.21. The zero-order valence-electron chi connectivity index (χ0n) is 11.6. The van der Waals surface area contributed by atoms with Gasteiger partial charge in [-0.05, 0) is 13.8 Å². The van der Waals surface area contributed by atoms with E-state index in [1.54, 1.807) is 25.8 Å². The molecule has 1 aromatic rings. The third-order valence-corrected chi connectivity index (χ3v) is 3.51. The number of carbonyl (C=O) groups excluding carboxylic acids is 1. The van der Waals surface area contributed by atoms with Crippen molar-refractivity contribution in [3.63, 3.8) is 0 Å². The molecule has 0 aliphatic carbocycles. The standard InChI is InChI=1S/C12H17F2N5O/c1-12(2)11(20)18(3)4-5-19(12)10-8(14)6-7(13)9(16-10)17-15/h6H,4-5,15H2,1-3H3,(H,16,17). The minimum absolute atomic E-state index is 0.0919. The Labute approximate surface area is 115 Å². The van der Waals surface area contributed by atoms with E-state index in [4.69, 9.17) is 5.84 Å². The summed E-state index contributed by atoms with van der Waals surface area (Å²) in [6.45, 7) is 4.18. The van der Waals surface area contributed by atoms with Gasteiger partial charge >= 0.3 is 0 Å². The molecule has 110 valence electrons. The first-order chi connectivity index (χ1) is 9.28. The summed E-state index contributed by atoms with van der Waals surface area (Å²) < 4.78 is 27.4. The number of hydrazine groups is 1. The highest BCUT2D eigenvalue weighted by Gasteiger charge is 2.42. The number of anilines is 2. The summed E-state index contributed by atoms with van der Waals surface area (Å²) >= 11 is 0. The number of hydrogen-bond acceptors (Lipinski definition) is 5. The van der Waals surface area contributed by atoms with Crippen molar-refractivity contribution in [1.29, 1.82) is 0 Å². The van der Waals surface area contributed by atoms with Crippen LogP contribution in [0.3, 0.4) is 0 Å². The van der Waals surface area contributed by atoms with Crippen LogP contribution < -0.4 is 16.2 Å². The minimum atomic E-state index is -0.968. The fourth-order valence-corrected chi connectivity index (χ4v) is 2.33. The lowest BCUT2D eigenvalue weighted by molar-refractivity contribution is -0.136. The molecular formula is C12H17F2N5O. The van der Waals surface area contributed by atoms with Crippen LogP contribution in [0.5, 0.6) is 0 Å². The molecule has 1 fully saturated rings. The number of piperazine rings is 1. The van der Waals surface area contributed by atoms with Gasteiger partial charge in [0.25, 0.3) is 0 Å². The summed E-state index contributed by atoms with van der Waals surface area (Å²) in [4.78, 5) is 19.1. The first-order valence-corrected chi connectivity index (χ1v) is 6.15. The lowest BCUT2D eigenvalue weighted by Crippen LogP contribution is -2.62. The monoisotopic (exact) mass is 285 g/mol. The van der Waals surface area contributed by atoms with E-state index in [2.05, 4.69) is 10.4 Å². The van der Waals surface area contributed by atoms with Crippen molar-refractivity contribution >= 4 is 17.5 Å². The van der Waals surface area contributed by atoms with Gasteiger partial charge in [0.05, 0.1) is 0 Å². The maximum absolute atomic E-state index is 14.0. The Kier molecular flexibility index (Phi) is 3.51. The molecule has 0 aromatic carbocycles. The number of halogens is 2. The van der Waals surface area contributed by atoms with Crippen molar-refractivity contribution < 1.29 is 13.6 Å². The van der Waals surface area contributed by atoms with Crippen LogP contribution in [0.15, 0.2) is 6.07 Å². The maximum atomic E-state index is 14.0. The van der Waals surface area contributed by atoms with Gasteiger partial charge in [-0.25, -0.2) is 19.6 Å².